The summed E-state index contributed by atoms with van der Waals surface area (Å²) in [5, 5.41) is 2.79. The Labute approximate surface area is 89.5 Å². The number of imidazole rings is 1. The highest BCUT2D eigenvalue weighted by atomic mass is 16.2. The van der Waals surface area contributed by atoms with Crippen LogP contribution in [0.2, 0.25) is 0 Å². The van der Waals surface area contributed by atoms with Crippen molar-refractivity contribution in [1.82, 2.24) is 15.3 Å². The zero-order valence-electron chi connectivity index (χ0n) is 9.21. The van der Waals surface area contributed by atoms with Crippen molar-refractivity contribution in [2.24, 2.45) is 5.73 Å². The van der Waals surface area contributed by atoms with Crippen LogP contribution in [0.4, 0.5) is 0 Å². The van der Waals surface area contributed by atoms with Crippen molar-refractivity contribution in [3.63, 3.8) is 0 Å². The van der Waals surface area contributed by atoms with Crippen molar-refractivity contribution >= 4 is 5.91 Å². The molecule has 84 valence electrons. The number of nitrogens with zero attached hydrogens (tertiary/aromatic N) is 1. The van der Waals surface area contributed by atoms with Gasteiger partial charge in [-0.1, -0.05) is 13.8 Å². The number of hydrogen-bond donors (Lipinski definition) is 3. The van der Waals surface area contributed by atoms with Crippen molar-refractivity contribution < 1.29 is 4.79 Å². The van der Waals surface area contributed by atoms with E-state index in [2.05, 4.69) is 15.3 Å². The number of nitrogens with two attached hydrogens (primary N) is 1. The van der Waals surface area contributed by atoms with Gasteiger partial charge >= 0.3 is 0 Å². The summed E-state index contributed by atoms with van der Waals surface area (Å²) in [6, 6.07) is 0. The molecule has 1 amide bonds. The van der Waals surface area contributed by atoms with Crippen molar-refractivity contribution in [1.29, 1.82) is 0 Å². The van der Waals surface area contributed by atoms with Gasteiger partial charge in [-0.2, -0.15) is 0 Å². The van der Waals surface area contributed by atoms with Crippen LogP contribution in [0.25, 0.3) is 0 Å². The second kappa shape index (κ2) is 4.93. The first-order valence-corrected chi connectivity index (χ1v) is 5.16. The number of rotatable bonds is 5. The summed E-state index contributed by atoms with van der Waals surface area (Å²) in [5.41, 5.74) is 6.06. The van der Waals surface area contributed by atoms with E-state index in [4.69, 9.17) is 5.73 Å². The SMILES string of the molecule is CCC(N)(CC)C(=O)NCc1cnc[nH]1. The molecule has 0 atom stereocenters. The van der Waals surface area contributed by atoms with Crippen LogP contribution < -0.4 is 11.1 Å². The molecule has 0 aliphatic carbocycles. The molecule has 0 spiro atoms. The monoisotopic (exact) mass is 210 g/mol. The Morgan fingerprint density at radius 2 is 2.27 bits per heavy atom. The van der Waals surface area contributed by atoms with Gasteiger partial charge < -0.3 is 16.0 Å². The Hall–Kier alpha value is -1.36. The van der Waals surface area contributed by atoms with E-state index in [-0.39, 0.29) is 5.91 Å². The molecule has 0 fully saturated rings. The summed E-state index contributed by atoms with van der Waals surface area (Å²) in [4.78, 5) is 18.5. The van der Waals surface area contributed by atoms with E-state index >= 15 is 0 Å². The number of nitrogens with one attached hydrogen (secondary N) is 2. The Bertz CT molecular complexity index is 303. The molecule has 5 nitrogen and oxygen atoms in total. The first kappa shape index (κ1) is 11.7. The Morgan fingerprint density at radius 1 is 1.60 bits per heavy atom. The van der Waals surface area contributed by atoms with Crippen LogP contribution in [0, 0.1) is 0 Å². The van der Waals surface area contributed by atoms with E-state index in [1.165, 1.54) is 0 Å². The second-order valence-corrected chi connectivity index (χ2v) is 3.62. The van der Waals surface area contributed by atoms with Crippen molar-refractivity contribution in [3.05, 3.63) is 18.2 Å². The lowest BCUT2D eigenvalue weighted by atomic mass is 9.93. The number of amides is 1. The van der Waals surface area contributed by atoms with E-state index in [0.29, 0.717) is 19.4 Å². The van der Waals surface area contributed by atoms with Crippen LogP contribution in [0.15, 0.2) is 12.5 Å². The normalized spacial score (nSPS) is 11.4. The number of carbonyl (C=O) groups is 1. The summed E-state index contributed by atoms with van der Waals surface area (Å²) in [7, 11) is 0. The number of H-pyrrole nitrogens is 1. The molecule has 0 unspecified atom stereocenters. The quantitative estimate of drug-likeness (QED) is 0.663. The van der Waals surface area contributed by atoms with Crippen LogP contribution in [-0.2, 0) is 11.3 Å². The predicted octanol–water partition coefficient (Wildman–Crippen LogP) is 0.543. The molecular weight excluding hydrogens is 192 g/mol. The van der Waals surface area contributed by atoms with Crippen molar-refractivity contribution in [2.45, 2.75) is 38.8 Å². The summed E-state index contributed by atoms with van der Waals surface area (Å²) in [5.74, 6) is -0.109. The maximum Gasteiger partial charge on any atom is 0.240 e. The molecule has 4 N–H and O–H groups in total. The third-order valence-electron chi connectivity index (χ3n) is 2.71. The van der Waals surface area contributed by atoms with Gasteiger partial charge in [-0.15, -0.1) is 0 Å². The van der Waals surface area contributed by atoms with Crippen LogP contribution >= 0.6 is 0 Å². The van der Waals surface area contributed by atoms with E-state index < -0.39 is 5.54 Å². The lowest BCUT2D eigenvalue weighted by molar-refractivity contribution is -0.126. The molecule has 5 heteroatoms. The zero-order valence-corrected chi connectivity index (χ0v) is 9.21. The van der Waals surface area contributed by atoms with Gasteiger partial charge in [0.15, 0.2) is 0 Å². The van der Waals surface area contributed by atoms with Crippen molar-refractivity contribution in [3.8, 4) is 0 Å². The summed E-state index contributed by atoms with van der Waals surface area (Å²) >= 11 is 0. The fourth-order valence-electron chi connectivity index (χ4n) is 1.30. The molecule has 1 aromatic rings. The van der Waals surface area contributed by atoms with Gasteiger partial charge in [-0.25, -0.2) is 4.98 Å². The minimum Gasteiger partial charge on any atom is -0.349 e. The second-order valence-electron chi connectivity index (χ2n) is 3.62. The fourth-order valence-corrected chi connectivity index (χ4v) is 1.30. The molecule has 0 bridgehead atoms. The van der Waals surface area contributed by atoms with Gasteiger partial charge in [0.25, 0.3) is 0 Å². The van der Waals surface area contributed by atoms with Crippen molar-refractivity contribution in [2.75, 3.05) is 0 Å². The van der Waals surface area contributed by atoms with E-state index in [1.807, 2.05) is 13.8 Å². The lowest BCUT2D eigenvalue weighted by Gasteiger charge is -2.24. The Morgan fingerprint density at radius 3 is 2.73 bits per heavy atom. The number of aromatic amines is 1. The van der Waals surface area contributed by atoms with Crippen LogP contribution in [-0.4, -0.2) is 21.4 Å². The number of hydrogen-bond acceptors (Lipinski definition) is 3. The average molecular weight is 210 g/mol. The minimum absolute atomic E-state index is 0.109. The van der Waals surface area contributed by atoms with Crippen LogP contribution in [0.1, 0.15) is 32.4 Å². The minimum atomic E-state index is -0.750. The lowest BCUT2D eigenvalue weighted by Crippen LogP contribution is -2.52. The average Bonchev–Trinajstić information content (AvgIpc) is 2.77. The molecular formula is C10H18N4O. The molecule has 0 aromatic carbocycles. The van der Waals surface area contributed by atoms with Gasteiger partial charge in [0.2, 0.25) is 5.91 Å². The molecule has 0 saturated heterocycles. The Kier molecular flexibility index (Phi) is 3.85. The highest BCUT2D eigenvalue weighted by Crippen LogP contribution is 2.11. The highest BCUT2D eigenvalue weighted by Gasteiger charge is 2.29. The van der Waals surface area contributed by atoms with Gasteiger partial charge in [0.1, 0.15) is 0 Å². The molecule has 0 aliphatic rings. The van der Waals surface area contributed by atoms with E-state index in [0.717, 1.165) is 5.69 Å². The number of carbonyl (C=O) groups excluding carboxylic acids is 1. The first-order valence-electron chi connectivity index (χ1n) is 5.16. The molecule has 15 heavy (non-hydrogen) atoms. The zero-order chi connectivity index (χ0) is 11.3. The maximum atomic E-state index is 11.8. The van der Waals surface area contributed by atoms with Gasteiger partial charge in [-0.3, -0.25) is 4.79 Å². The molecule has 1 heterocycles. The van der Waals surface area contributed by atoms with Gasteiger partial charge in [0.05, 0.1) is 24.1 Å². The third-order valence-corrected chi connectivity index (χ3v) is 2.71. The maximum absolute atomic E-state index is 11.8. The smallest absolute Gasteiger partial charge is 0.240 e. The molecule has 1 aromatic heterocycles. The van der Waals surface area contributed by atoms with E-state index in [9.17, 15) is 4.79 Å². The van der Waals surface area contributed by atoms with Gasteiger partial charge in [-0.05, 0) is 12.8 Å². The standard InChI is InChI=1S/C10H18N4O/c1-3-10(11,4-2)9(15)13-6-8-5-12-7-14-8/h5,7H,3-4,6,11H2,1-2H3,(H,12,14)(H,13,15). The third kappa shape index (κ3) is 2.79. The first-order chi connectivity index (χ1) is 7.12. The predicted molar refractivity (Wildman–Crippen MR) is 57.9 cm³/mol. The van der Waals surface area contributed by atoms with Crippen LogP contribution in [0.3, 0.4) is 0 Å². The molecule has 0 aliphatic heterocycles. The van der Waals surface area contributed by atoms with Gasteiger partial charge in [0, 0.05) is 6.20 Å². The van der Waals surface area contributed by atoms with E-state index in [1.54, 1.807) is 12.5 Å². The topological polar surface area (TPSA) is 83.8 Å². The molecule has 1 rings (SSSR count). The Balaban J connectivity index is 2.48. The van der Waals surface area contributed by atoms with Crippen LogP contribution in [0.5, 0.6) is 0 Å². The summed E-state index contributed by atoms with van der Waals surface area (Å²) < 4.78 is 0. The largest absolute Gasteiger partial charge is 0.349 e. The summed E-state index contributed by atoms with van der Waals surface area (Å²) in [6.07, 6.45) is 4.53. The molecule has 0 radical (unpaired) electrons. The fraction of sp³-hybridized carbons (Fsp3) is 0.600. The molecule has 0 saturated carbocycles. The number of aromatic nitrogens is 2. The highest BCUT2D eigenvalue weighted by molar-refractivity contribution is 5.85. The summed E-state index contributed by atoms with van der Waals surface area (Å²) in [6.45, 7) is 4.27.